The standard InChI is InChI=1S/C21H27NO5S/c1-15(2)27-18-9-5-7-17(13-18)8-6-12-22-28(24,25)19-11-10-16(3)20(14-19)21(23)26-4/h5,7,9-11,13-15,22H,6,8,12H2,1-4H3. The Kier molecular flexibility index (Phi) is 7.60. The molecule has 0 amide bonds. The molecule has 0 aliphatic rings. The van der Waals surface area contributed by atoms with Crippen LogP contribution in [0.2, 0.25) is 0 Å². The lowest BCUT2D eigenvalue weighted by molar-refractivity contribution is 0.0599. The average Bonchev–Trinajstić information content (AvgIpc) is 2.64. The third-order valence-corrected chi connectivity index (χ3v) is 5.59. The summed E-state index contributed by atoms with van der Waals surface area (Å²) in [5, 5.41) is 0. The monoisotopic (exact) mass is 405 g/mol. The molecule has 0 aromatic heterocycles. The zero-order valence-corrected chi connectivity index (χ0v) is 17.5. The highest BCUT2D eigenvalue weighted by Gasteiger charge is 2.18. The minimum absolute atomic E-state index is 0.0471. The van der Waals surface area contributed by atoms with Crippen LogP contribution in [0.4, 0.5) is 0 Å². The highest BCUT2D eigenvalue weighted by molar-refractivity contribution is 7.89. The van der Waals surface area contributed by atoms with Crippen LogP contribution in [0.1, 0.15) is 41.8 Å². The van der Waals surface area contributed by atoms with E-state index in [1.807, 2.05) is 38.1 Å². The van der Waals surface area contributed by atoms with Crippen LogP contribution in [0.5, 0.6) is 5.75 Å². The van der Waals surface area contributed by atoms with Gasteiger partial charge in [-0.3, -0.25) is 0 Å². The number of benzene rings is 2. The molecule has 0 radical (unpaired) electrons. The normalized spacial score (nSPS) is 11.5. The highest BCUT2D eigenvalue weighted by atomic mass is 32.2. The molecule has 0 atom stereocenters. The number of hydrogen-bond donors (Lipinski definition) is 1. The number of ether oxygens (including phenoxy) is 2. The highest BCUT2D eigenvalue weighted by Crippen LogP contribution is 2.18. The predicted octanol–water partition coefficient (Wildman–Crippen LogP) is 3.48. The molecular formula is C21H27NO5S. The van der Waals surface area contributed by atoms with E-state index in [1.165, 1.54) is 19.2 Å². The van der Waals surface area contributed by atoms with Crippen molar-refractivity contribution in [3.8, 4) is 5.75 Å². The number of carbonyl (C=O) groups is 1. The summed E-state index contributed by atoms with van der Waals surface area (Å²) in [4.78, 5) is 11.8. The van der Waals surface area contributed by atoms with E-state index in [0.717, 1.165) is 17.7 Å². The van der Waals surface area contributed by atoms with Crippen LogP contribution in [0.15, 0.2) is 47.4 Å². The Morgan fingerprint density at radius 3 is 2.57 bits per heavy atom. The Bertz CT molecular complexity index is 922. The third kappa shape index (κ3) is 6.07. The molecular weight excluding hydrogens is 378 g/mol. The number of methoxy groups -OCH3 is 1. The molecule has 0 unspecified atom stereocenters. The molecule has 6 nitrogen and oxygen atoms in total. The van der Waals surface area contributed by atoms with E-state index in [4.69, 9.17) is 9.47 Å². The van der Waals surface area contributed by atoms with Gasteiger partial charge in [0.05, 0.1) is 23.7 Å². The first kappa shape index (κ1) is 21.9. The fourth-order valence-corrected chi connectivity index (χ4v) is 3.83. The van der Waals surface area contributed by atoms with Crippen molar-refractivity contribution in [1.29, 1.82) is 0 Å². The lowest BCUT2D eigenvalue weighted by Crippen LogP contribution is -2.25. The van der Waals surface area contributed by atoms with Gasteiger partial charge in [0.1, 0.15) is 5.75 Å². The Morgan fingerprint density at radius 1 is 1.14 bits per heavy atom. The maximum Gasteiger partial charge on any atom is 0.338 e. The third-order valence-electron chi connectivity index (χ3n) is 4.13. The molecule has 1 N–H and O–H groups in total. The number of hydrogen-bond acceptors (Lipinski definition) is 5. The Labute approximate surface area is 166 Å². The van der Waals surface area contributed by atoms with Crippen LogP contribution in [0.25, 0.3) is 0 Å². The molecule has 2 aromatic carbocycles. The second-order valence-corrected chi connectivity index (χ2v) is 8.55. The molecule has 0 saturated heterocycles. The molecule has 28 heavy (non-hydrogen) atoms. The topological polar surface area (TPSA) is 81.7 Å². The zero-order valence-electron chi connectivity index (χ0n) is 16.7. The van der Waals surface area contributed by atoms with Gasteiger partial charge in [0.15, 0.2) is 0 Å². The van der Waals surface area contributed by atoms with Gasteiger partial charge in [-0.15, -0.1) is 0 Å². The van der Waals surface area contributed by atoms with Crippen molar-refractivity contribution in [3.63, 3.8) is 0 Å². The van der Waals surface area contributed by atoms with E-state index >= 15 is 0 Å². The molecule has 0 saturated carbocycles. The number of nitrogens with one attached hydrogen (secondary N) is 1. The van der Waals surface area contributed by atoms with Crippen LogP contribution in [0, 0.1) is 6.92 Å². The SMILES string of the molecule is COC(=O)c1cc(S(=O)(=O)NCCCc2cccc(OC(C)C)c2)ccc1C. The summed E-state index contributed by atoms with van der Waals surface area (Å²) >= 11 is 0. The van der Waals surface area contributed by atoms with E-state index in [9.17, 15) is 13.2 Å². The number of rotatable bonds is 9. The minimum Gasteiger partial charge on any atom is -0.491 e. The van der Waals surface area contributed by atoms with E-state index in [1.54, 1.807) is 13.0 Å². The summed E-state index contributed by atoms with van der Waals surface area (Å²) in [6, 6.07) is 12.2. The Morgan fingerprint density at radius 2 is 1.89 bits per heavy atom. The fraction of sp³-hybridized carbons (Fsp3) is 0.381. The number of esters is 1. The van der Waals surface area contributed by atoms with Crippen molar-refractivity contribution in [1.82, 2.24) is 4.72 Å². The summed E-state index contributed by atoms with van der Waals surface area (Å²) < 4.78 is 38.0. The quantitative estimate of drug-likeness (QED) is 0.510. The minimum atomic E-state index is -3.70. The van der Waals surface area contributed by atoms with Gasteiger partial charge in [0.2, 0.25) is 10.0 Å². The molecule has 0 bridgehead atoms. The maximum atomic E-state index is 12.5. The Hall–Kier alpha value is -2.38. The van der Waals surface area contributed by atoms with Crippen molar-refractivity contribution >= 4 is 16.0 Å². The van der Waals surface area contributed by atoms with Crippen molar-refractivity contribution in [3.05, 3.63) is 59.2 Å². The number of sulfonamides is 1. The first-order valence-electron chi connectivity index (χ1n) is 9.17. The van der Waals surface area contributed by atoms with Crippen molar-refractivity contribution in [2.45, 2.75) is 44.6 Å². The van der Waals surface area contributed by atoms with Crippen LogP contribution >= 0.6 is 0 Å². The van der Waals surface area contributed by atoms with Crippen molar-refractivity contribution in [2.24, 2.45) is 0 Å². The summed E-state index contributed by atoms with van der Waals surface area (Å²) in [5.41, 5.74) is 1.99. The van der Waals surface area contributed by atoms with Gasteiger partial charge in [-0.1, -0.05) is 18.2 Å². The largest absolute Gasteiger partial charge is 0.491 e. The van der Waals surface area contributed by atoms with Crippen LogP contribution in [-0.4, -0.2) is 34.1 Å². The molecule has 2 rings (SSSR count). The van der Waals surface area contributed by atoms with Gasteiger partial charge in [-0.05, 0) is 69.0 Å². The van der Waals surface area contributed by atoms with E-state index < -0.39 is 16.0 Å². The molecule has 152 valence electrons. The first-order chi connectivity index (χ1) is 13.2. The van der Waals surface area contributed by atoms with Gasteiger partial charge in [0.25, 0.3) is 0 Å². The molecule has 2 aromatic rings. The van der Waals surface area contributed by atoms with Crippen molar-refractivity contribution in [2.75, 3.05) is 13.7 Å². The zero-order chi connectivity index (χ0) is 20.7. The first-order valence-corrected chi connectivity index (χ1v) is 10.7. The smallest absolute Gasteiger partial charge is 0.338 e. The van der Waals surface area contributed by atoms with Gasteiger partial charge in [-0.25, -0.2) is 17.9 Å². The van der Waals surface area contributed by atoms with Crippen molar-refractivity contribution < 1.29 is 22.7 Å². The van der Waals surface area contributed by atoms with Gasteiger partial charge in [0, 0.05) is 6.54 Å². The lowest BCUT2D eigenvalue weighted by atomic mass is 10.1. The molecule has 0 heterocycles. The molecule has 0 spiro atoms. The summed E-state index contributed by atoms with van der Waals surface area (Å²) in [7, 11) is -2.44. The van der Waals surface area contributed by atoms with Crippen LogP contribution in [0.3, 0.4) is 0 Å². The van der Waals surface area contributed by atoms with Crippen LogP contribution < -0.4 is 9.46 Å². The molecule has 0 fully saturated rings. The lowest BCUT2D eigenvalue weighted by Gasteiger charge is -2.11. The van der Waals surface area contributed by atoms with Gasteiger partial charge < -0.3 is 9.47 Å². The summed E-state index contributed by atoms with van der Waals surface area (Å²) in [6.07, 6.45) is 1.46. The summed E-state index contributed by atoms with van der Waals surface area (Å²) in [6.45, 7) is 5.96. The van der Waals surface area contributed by atoms with E-state index in [-0.39, 0.29) is 16.6 Å². The predicted molar refractivity (Wildman–Crippen MR) is 108 cm³/mol. The average molecular weight is 406 g/mol. The molecule has 7 heteroatoms. The second kappa shape index (κ2) is 9.71. The van der Waals surface area contributed by atoms with Gasteiger partial charge >= 0.3 is 5.97 Å². The summed E-state index contributed by atoms with van der Waals surface area (Å²) in [5.74, 6) is 0.251. The number of aryl methyl sites for hydroxylation is 2. The van der Waals surface area contributed by atoms with E-state index in [0.29, 0.717) is 18.5 Å². The second-order valence-electron chi connectivity index (χ2n) is 6.78. The maximum absolute atomic E-state index is 12.5. The molecule has 0 aliphatic heterocycles. The number of carbonyl (C=O) groups excluding carboxylic acids is 1. The Balaban J connectivity index is 1.96. The van der Waals surface area contributed by atoms with Crippen LogP contribution in [-0.2, 0) is 21.2 Å². The van der Waals surface area contributed by atoms with E-state index in [2.05, 4.69) is 4.72 Å². The molecule has 0 aliphatic carbocycles. The fourth-order valence-electron chi connectivity index (χ4n) is 2.73. The van der Waals surface area contributed by atoms with Gasteiger partial charge in [-0.2, -0.15) is 0 Å².